The van der Waals surface area contributed by atoms with Crippen molar-refractivity contribution in [3.8, 4) is 5.75 Å². The molecule has 1 aliphatic rings. The zero-order valence-corrected chi connectivity index (χ0v) is 16.4. The SMILES string of the molecule is NC(CO)(Cn1c(=O)oc2cc(OCC3COC3)c(Cl)cc21)C(=O)OCCCO. The summed E-state index contributed by atoms with van der Waals surface area (Å²) in [6.07, 6.45) is 0.229. The Balaban J connectivity index is 1.82. The Morgan fingerprint density at radius 1 is 1.38 bits per heavy atom. The molecule has 0 radical (unpaired) electrons. The summed E-state index contributed by atoms with van der Waals surface area (Å²) >= 11 is 6.27. The van der Waals surface area contributed by atoms with Gasteiger partial charge in [0.25, 0.3) is 0 Å². The van der Waals surface area contributed by atoms with Crippen molar-refractivity contribution in [3.05, 3.63) is 27.7 Å². The lowest BCUT2D eigenvalue weighted by atomic mass is 10.0. The van der Waals surface area contributed by atoms with Gasteiger partial charge in [-0.2, -0.15) is 0 Å². The molecule has 1 atom stereocenters. The maximum absolute atomic E-state index is 12.3. The van der Waals surface area contributed by atoms with Crippen LogP contribution in [0.15, 0.2) is 21.3 Å². The lowest BCUT2D eigenvalue weighted by Crippen LogP contribution is -2.56. The zero-order chi connectivity index (χ0) is 21.0. The standard InChI is InChI=1S/C18H23ClN2O8/c19-12-4-13-15(5-14(12)28-8-11-6-26-7-11)29-17(25)21(13)9-18(20,10-23)16(24)27-3-1-2-22/h4-5,11,22-23H,1-3,6-10,20H2. The summed E-state index contributed by atoms with van der Waals surface area (Å²) in [7, 11) is 0. The molecule has 0 saturated carbocycles. The first-order chi connectivity index (χ1) is 13.9. The summed E-state index contributed by atoms with van der Waals surface area (Å²) in [6.45, 7) is 0.303. The monoisotopic (exact) mass is 430 g/mol. The Morgan fingerprint density at radius 2 is 2.14 bits per heavy atom. The van der Waals surface area contributed by atoms with Crippen LogP contribution in [0.2, 0.25) is 5.02 Å². The van der Waals surface area contributed by atoms with Gasteiger partial charge in [0, 0.05) is 25.0 Å². The maximum atomic E-state index is 12.3. The first-order valence-electron chi connectivity index (χ1n) is 9.09. The quantitative estimate of drug-likeness (QED) is 0.347. The number of ether oxygens (including phenoxy) is 3. The minimum Gasteiger partial charge on any atom is -0.491 e. The smallest absolute Gasteiger partial charge is 0.420 e. The van der Waals surface area contributed by atoms with Gasteiger partial charge in [0.1, 0.15) is 5.75 Å². The van der Waals surface area contributed by atoms with E-state index in [1.54, 1.807) is 0 Å². The van der Waals surface area contributed by atoms with Gasteiger partial charge < -0.3 is 34.6 Å². The van der Waals surface area contributed by atoms with Gasteiger partial charge in [-0.15, -0.1) is 0 Å². The number of carbonyl (C=O) groups is 1. The molecule has 0 aliphatic carbocycles. The molecule has 4 N–H and O–H groups in total. The minimum absolute atomic E-state index is 0.0616. The van der Waals surface area contributed by atoms with Crippen molar-refractivity contribution >= 4 is 28.7 Å². The largest absolute Gasteiger partial charge is 0.491 e. The predicted octanol–water partition coefficient (Wildman–Crippen LogP) is -0.111. The van der Waals surface area contributed by atoms with E-state index >= 15 is 0 Å². The number of carbonyl (C=O) groups excluding carboxylic acids is 1. The summed E-state index contributed by atoms with van der Waals surface area (Å²) in [6, 6.07) is 2.97. The fourth-order valence-electron chi connectivity index (χ4n) is 2.75. The van der Waals surface area contributed by atoms with E-state index in [0.717, 1.165) is 4.57 Å². The van der Waals surface area contributed by atoms with Crippen LogP contribution < -0.4 is 16.2 Å². The molecule has 1 aliphatic heterocycles. The summed E-state index contributed by atoms with van der Waals surface area (Å²) in [5.74, 6) is -1.02. The Morgan fingerprint density at radius 3 is 2.76 bits per heavy atom. The molecular formula is C18H23ClN2O8. The second kappa shape index (κ2) is 9.14. The van der Waals surface area contributed by atoms with Crippen molar-refractivity contribution in [2.45, 2.75) is 18.5 Å². The van der Waals surface area contributed by atoms with E-state index < -0.39 is 23.9 Å². The van der Waals surface area contributed by atoms with Crippen LogP contribution in [0.5, 0.6) is 5.75 Å². The fourth-order valence-corrected chi connectivity index (χ4v) is 2.96. The average molecular weight is 431 g/mol. The van der Waals surface area contributed by atoms with Crippen LogP contribution >= 0.6 is 11.6 Å². The van der Waals surface area contributed by atoms with E-state index in [9.17, 15) is 14.7 Å². The number of nitrogens with zero attached hydrogens (tertiary/aromatic N) is 1. The Kier molecular flexibility index (Phi) is 6.81. The van der Waals surface area contributed by atoms with Gasteiger partial charge in [-0.05, 0) is 6.07 Å². The van der Waals surface area contributed by atoms with E-state index in [1.807, 2.05) is 0 Å². The molecule has 11 heteroatoms. The Bertz CT molecular complexity index is 922. The van der Waals surface area contributed by atoms with Crippen LogP contribution in [-0.4, -0.2) is 65.9 Å². The minimum atomic E-state index is -1.87. The molecule has 0 bridgehead atoms. The van der Waals surface area contributed by atoms with Gasteiger partial charge >= 0.3 is 11.7 Å². The van der Waals surface area contributed by atoms with Crippen molar-refractivity contribution in [1.29, 1.82) is 0 Å². The van der Waals surface area contributed by atoms with Crippen molar-refractivity contribution < 1.29 is 33.6 Å². The van der Waals surface area contributed by atoms with Crippen molar-refractivity contribution in [2.75, 3.05) is 39.6 Å². The number of aromatic nitrogens is 1. The summed E-state index contributed by atoms with van der Waals surface area (Å²) in [5.41, 5.74) is 4.61. The highest BCUT2D eigenvalue weighted by atomic mass is 35.5. The van der Waals surface area contributed by atoms with Crippen LogP contribution in [0.4, 0.5) is 0 Å². The van der Waals surface area contributed by atoms with E-state index in [1.165, 1.54) is 12.1 Å². The molecule has 0 spiro atoms. The normalized spacial score (nSPS) is 16.4. The lowest BCUT2D eigenvalue weighted by Gasteiger charge is -2.26. The number of benzene rings is 1. The fraction of sp³-hybridized carbons (Fsp3) is 0.556. The molecule has 1 fully saturated rings. The summed E-state index contributed by atoms with van der Waals surface area (Å²) in [5, 5.41) is 18.7. The highest BCUT2D eigenvalue weighted by Crippen LogP contribution is 2.31. The van der Waals surface area contributed by atoms with Gasteiger partial charge in [0.15, 0.2) is 11.1 Å². The first kappa shape index (κ1) is 21.6. The lowest BCUT2D eigenvalue weighted by molar-refractivity contribution is -0.152. The van der Waals surface area contributed by atoms with Crippen molar-refractivity contribution in [3.63, 3.8) is 0 Å². The number of rotatable bonds is 10. The van der Waals surface area contributed by atoms with Gasteiger partial charge in [0.05, 0.1) is 50.1 Å². The molecule has 1 saturated heterocycles. The summed E-state index contributed by atoms with van der Waals surface area (Å²) < 4.78 is 22.1. The van der Waals surface area contributed by atoms with Gasteiger partial charge in [-0.1, -0.05) is 11.6 Å². The highest BCUT2D eigenvalue weighted by Gasteiger charge is 2.37. The van der Waals surface area contributed by atoms with Gasteiger partial charge in [0.2, 0.25) is 0 Å². The van der Waals surface area contributed by atoms with Crippen LogP contribution in [0.25, 0.3) is 11.1 Å². The molecule has 29 heavy (non-hydrogen) atoms. The number of oxazole rings is 1. The zero-order valence-electron chi connectivity index (χ0n) is 15.6. The molecule has 160 valence electrons. The van der Waals surface area contributed by atoms with E-state index in [2.05, 4.69) is 0 Å². The second-order valence-electron chi connectivity index (χ2n) is 6.95. The molecule has 10 nitrogen and oxygen atoms in total. The number of aliphatic hydroxyl groups is 2. The molecule has 0 amide bonds. The van der Waals surface area contributed by atoms with Crippen LogP contribution in [-0.2, 0) is 20.8 Å². The molecule has 2 aromatic rings. The topological polar surface area (TPSA) is 146 Å². The second-order valence-corrected chi connectivity index (χ2v) is 7.35. The van der Waals surface area contributed by atoms with Crippen LogP contribution in [0.3, 0.4) is 0 Å². The molecule has 1 aromatic carbocycles. The molecule has 1 unspecified atom stereocenters. The first-order valence-corrected chi connectivity index (χ1v) is 9.47. The number of halogens is 1. The third kappa shape index (κ3) is 4.73. The third-order valence-electron chi connectivity index (χ3n) is 4.57. The molecular weight excluding hydrogens is 408 g/mol. The van der Waals surface area contributed by atoms with Gasteiger partial charge in [-0.25, -0.2) is 9.59 Å². The Labute approximate surface area is 170 Å². The van der Waals surface area contributed by atoms with E-state index in [0.29, 0.717) is 31.1 Å². The van der Waals surface area contributed by atoms with E-state index in [4.69, 9.17) is 41.1 Å². The van der Waals surface area contributed by atoms with Crippen LogP contribution in [0.1, 0.15) is 6.42 Å². The Hall–Kier alpha value is -2.11. The van der Waals surface area contributed by atoms with Crippen LogP contribution in [0, 0.1) is 5.92 Å². The average Bonchev–Trinajstić information content (AvgIpc) is 2.95. The maximum Gasteiger partial charge on any atom is 0.420 e. The number of hydrogen-bond donors (Lipinski definition) is 3. The number of aliphatic hydroxyl groups excluding tert-OH is 2. The summed E-state index contributed by atoms with van der Waals surface area (Å²) in [4.78, 5) is 24.6. The molecule has 3 rings (SSSR count). The predicted molar refractivity (Wildman–Crippen MR) is 102 cm³/mol. The highest BCUT2D eigenvalue weighted by molar-refractivity contribution is 6.32. The third-order valence-corrected chi connectivity index (χ3v) is 4.86. The van der Waals surface area contributed by atoms with E-state index in [-0.39, 0.29) is 42.7 Å². The number of nitrogens with two attached hydrogens (primary N) is 1. The van der Waals surface area contributed by atoms with Gasteiger partial charge in [-0.3, -0.25) is 4.57 Å². The van der Waals surface area contributed by atoms with Crippen molar-refractivity contribution in [2.24, 2.45) is 11.7 Å². The number of hydrogen-bond acceptors (Lipinski definition) is 9. The number of fused-ring (bicyclic) bond motifs is 1. The van der Waals surface area contributed by atoms with Crippen molar-refractivity contribution in [1.82, 2.24) is 4.57 Å². The molecule has 2 heterocycles. The molecule has 1 aromatic heterocycles. The number of esters is 1.